The third-order valence-corrected chi connectivity index (χ3v) is 5.86. The van der Waals surface area contributed by atoms with Crippen LogP contribution in [0.3, 0.4) is 0 Å². The first-order chi connectivity index (χ1) is 12.6. The van der Waals surface area contributed by atoms with Crippen molar-refractivity contribution in [2.45, 2.75) is 32.2 Å². The molecule has 1 aliphatic heterocycles. The minimum atomic E-state index is -0.225. The Balaban J connectivity index is 1.42. The lowest BCUT2D eigenvalue weighted by atomic mass is 10.1. The van der Waals surface area contributed by atoms with Gasteiger partial charge in [0.2, 0.25) is 5.91 Å². The molecular weight excluding hydrogens is 350 g/mol. The molecule has 8 heteroatoms. The number of fused-ring (bicyclic) bond motifs is 1. The molecule has 3 aromatic rings. The van der Waals surface area contributed by atoms with E-state index < -0.39 is 0 Å². The highest BCUT2D eigenvalue weighted by molar-refractivity contribution is 7.22. The van der Waals surface area contributed by atoms with Gasteiger partial charge in [0.1, 0.15) is 0 Å². The molecule has 1 fully saturated rings. The number of nitrogens with one attached hydrogen (secondary N) is 3. The van der Waals surface area contributed by atoms with E-state index in [1.807, 2.05) is 18.2 Å². The smallest absolute Gasteiger partial charge is 0.267 e. The average molecular weight is 371 g/mol. The first-order valence-electron chi connectivity index (χ1n) is 8.76. The molecule has 0 spiro atoms. The van der Waals surface area contributed by atoms with Crippen LogP contribution in [0.25, 0.3) is 10.2 Å². The van der Waals surface area contributed by atoms with E-state index in [9.17, 15) is 9.59 Å². The number of aryl methyl sites for hydroxylation is 1. The molecule has 136 valence electrons. The maximum Gasteiger partial charge on any atom is 0.267 e. The molecule has 1 aromatic carbocycles. The highest BCUT2D eigenvalue weighted by Crippen LogP contribution is 2.30. The number of amides is 1. The fourth-order valence-corrected chi connectivity index (χ4v) is 4.39. The zero-order chi connectivity index (χ0) is 18.1. The SMILES string of the molecule is Cc1[nH][nH]c(=O)c1CC(=O)N[C@@H]1CCCN(c2nc3ccccc3s2)C1. The molecule has 26 heavy (non-hydrogen) atoms. The number of para-hydroxylation sites is 1. The fraction of sp³-hybridized carbons (Fsp3) is 0.389. The Morgan fingerprint density at radius 1 is 1.38 bits per heavy atom. The van der Waals surface area contributed by atoms with E-state index in [0.717, 1.165) is 36.6 Å². The Labute approximate surface area is 154 Å². The van der Waals surface area contributed by atoms with Crippen LogP contribution in [0, 0.1) is 6.92 Å². The lowest BCUT2D eigenvalue weighted by molar-refractivity contribution is -0.121. The van der Waals surface area contributed by atoms with Crippen LogP contribution in [0.2, 0.25) is 0 Å². The number of H-pyrrole nitrogens is 2. The van der Waals surface area contributed by atoms with Crippen LogP contribution in [0.1, 0.15) is 24.1 Å². The molecule has 1 atom stereocenters. The predicted octanol–water partition coefficient (Wildman–Crippen LogP) is 1.95. The van der Waals surface area contributed by atoms with Crippen LogP contribution in [-0.2, 0) is 11.2 Å². The number of thiazole rings is 1. The van der Waals surface area contributed by atoms with Gasteiger partial charge in [-0.1, -0.05) is 23.5 Å². The van der Waals surface area contributed by atoms with Crippen LogP contribution in [0.5, 0.6) is 0 Å². The van der Waals surface area contributed by atoms with Gasteiger partial charge in [-0.2, -0.15) is 0 Å². The molecule has 0 unspecified atom stereocenters. The second-order valence-electron chi connectivity index (χ2n) is 6.68. The van der Waals surface area contributed by atoms with E-state index in [1.54, 1.807) is 18.3 Å². The number of benzene rings is 1. The van der Waals surface area contributed by atoms with Crippen LogP contribution in [0.15, 0.2) is 29.1 Å². The number of piperidine rings is 1. The van der Waals surface area contributed by atoms with Crippen molar-refractivity contribution < 1.29 is 4.79 Å². The summed E-state index contributed by atoms with van der Waals surface area (Å²) in [6, 6.07) is 8.19. The van der Waals surface area contributed by atoms with Gasteiger partial charge in [-0.05, 0) is 31.9 Å². The minimum Gasteiger partial charge on any atom is -0.351 e. The van der Waals surface area contributed by atoms with Gasteiger partial charge in [-0.3, -0.25) is 14.7 Å². The molecule has 0 radical (unpaired) electrons. The summed E-state index contributed by atoms with van der Waals surface area (Å²) < 4.78 is 1.18. The van der Waals surface area contributed by atoms with E-state index in [4.69, 9.17) is 4.98 Å². The summed E-state index contributed by atoms with van der Waals surface area (Å²) in [4.78, 5) is 31.0. The van der Waals surface area contributed by atoms with Crippen molar-refractivity contribution in [2.75, 3.05) is 18.0 Å². The standard InChI is InChI=1S/C18H21N5O2S/c1-11-13(17(25)22-21-11)9-16(24)19-12-5-4-8-23(10-12)18-20-14-6-2-3-7-15(14)26-18/h2-3,6-7,12H,4-5,8-10H2,1H3,(H,19,24)(H2,21,22,25)/t12-/m1/s1. The maximum atomic E-state index is 12.4. The normalized spacial score (nSPS) is 17.6. The van der Waals surface area contributed by atoms with Crippen LogP contribution in [0.4, 0.5) is 5.13 Å². The number of carbonyl (C=O) groups excluding carboxylic acids is 1. The van der Waals surface area contributed by atoms with Gasteiger partial charge in [0.25, 0.3) is 5.56 Å². The van der Waals surface area contributed by atoms with Crippen molar-refractivity contribution in [3.63, 3.8) is 0 Å². The first kappa shape index (κ1) is 16.8. The van der Waals surface area contributed by atoms with E-state index in [0.29, 0.717) is 11.3 Å². The summed E-state index contributed by atoms with van der Waals surface area (Å²) in [5.41, 5.74) is 2.00. The molecule has 0 bridgehead atoms. The summed E-state index contributed by atoms with van der Waals surface area (Å²) in [7, 11) is 0. The number of rotatable bonds is 4. The summed E-state index contributed by atoms with van der Waals surface area (Å²) in [6.07, 6.45) is 2.04. The molecule has 4 rings (SSSR count). The van der Waals surface area contributed by atoms with E-state index in [2.05, 4.69) is 26.5 Å². The van der Waals surface area contributed by atoms with Crippen molar-refractivity contribution in [3.05, 3.63) is 45.9 Å². The van der Waals surface area contributed by atoms with E-state index in [-0.39, 0.29) is 23.9 Å². The van der Waals surface area contributed by atoms with Gasteiger partial charge in [-0.15, -0.1) is 0 Å². The summed E-state index contributed by atoms with van der Waals surface area (Å²) in [5.74, 6) is -0.116. The summed E-state index contributed by atoms with van der Waals surface area (Å²) >= 11 is 1.68. The Hall–Kier alpha value is -2.61. The van der Waals surface area contributed by atoms with E-state index in [1.165, 1.54) is 4.70 Å². The number of aromatic nitrogens is 3. The largest absolute Gasteiger partial charge is 0.351 e. The second-order valence-corrected chi connectivity index (χ2v) is 7.69. The van der Waals surface area contributed by atoms with Crippen molar-refractivity contribution in [1.82, 2.24) is 20.5 Å². The van der Waals surface area contributed by atoms with Gasteiger partial charge in [0.15, 0.2) is 5.13 Å². The molecule has 1 saturated heterocycles. The lowest BCUT2D eigenvalue weighted by Crippen LogP contribution is -2.48. The average Bonchev–Trinajstić information content (AvgIpc) is 3.20. The van der Waals surface area contributed by atoms with Crippen LogP contribution >= 0.6 is 11.3 Å². The molecule has 1 amide bonds. The zero-order valence-electron chi connectivity index (χ0n) is 14.5. The molecule has 3 heterocycles. The van der Waals surface area contributed by atoms with Crippen LogP contribution in [-0.4, -0.2) is 40.2 Å². The Morgan fingerprint density at radius 2 is 2.23 bits per heavy atom. The minimum absolute atomic E-state index is 0.0709. The number of hydrogen-bond donors (Lipinski definition) is 3. The third-order valence-electron chi connectivity index (χ3n) is 4.77. The lowest BCUT2D eigenvalue weighted by Gasteiger charge is -2.32. The van der Waals surface area contributed by atoms with Crippen molar-refractivity contribution in [3.8, 4) is 0 Å². The summed E-state index contributed by atoms with van der Waals surface area (Å²) in [6.45, 7) is 3.48. The quantitative estimate of drug-likeness (QED) is 0.653. The number of hydrogen-bond acceptors (Lipinski definition) is 5. The van der Waals surface area contributed by atoms with Gasteiger partial charge in [0.05, 0.1) is 16.6 Å². The third kappa shape index (κ3) is 3.37. The highest BCUT2D eigenvalue weighted by atomic mass is 32.1. The molecule has 0 saturated carbocycles. The fourth-order valence-electron chi connectivity index (χ4n) is 3.39. The molecule has 7 nitrogen and oxygen atoms in total. The van der Waals surface area contributed by atoms with Gasteiger partial charge in [-0.25, -0.2) is 4.98 Å². The Bertz CT molecular complexity index is 956. The summed E-state index contributed by atoms with van der Waals surface area (Å²) in [5, 5.41) is 9.34. The number of aromatic amines is 2. The first-order valence-corrected chi connectivity index (χ1v) is 9.58. The molecule has 3 N–H and O–H groups in total. The topological polar surface area (TPSA) is 93.9 Å². The molecule has 0 aliphatic carbocycles. The zero-order valence-corrected chi connectivity index (χ0v) is 15.4. The maximum absolute atomic E-state index is 12.4. The number of carbonyl (C=O) groups is 1. The van der Waals surface area contributed by atoms with Crippen molar-refractivity contribution >= 4 is 32.6 Å². The molecule has 2 aromatic heterocycles. The van der Waals surface area contributed by atoms with Crippen LogP contribution < -0.4 is 15.8 Å². The number of nitrogens with zero attached hydrogens (tertiary/aromatic N) is 2. The monoisotopic (exact) mass is 371 g/mol. The predicted molar refractivity (Wildman–Crippen MR) is 103 cm³/mol. The van der Waals surface area contributed by atoms with E-state index >= 15 is 0 Å². The van der Waals surface area contributed by atoms with Crippen molar-refractivity contribution in [2.24, 2.45) is 0 Å². The van der Waals surface area contributed by atoms with Gasteiger partial charge < -0.3 is 15.3 Å². The molecular formula is C18H21N5O2S. The Kier molecular flexibility index (Phi) is 4.50. The second kappa shape index (κ2) is 6.95. The highest BCUT2D eigenvalue weighted by Gasteiger charge is 2.24. The van der Waals surface area contributed by atoms with Crippen molar-refractivity contribution in [1.29, 1.82) is 0 Å². The number of anilines is 1. The molecule has 1 aliphatic rings. The Morgan fingerprint density at radius 3 is 3.00 bits per heavy atom. The van der Waals surface area contributed by atoms with Gasteiger partial charge in [0, 0.05) is 30.4 Å². The van der Waals surface area contributed by atoms with Gasteiger partial charge >= 0.3 is 0 Å².